The lowest BCUT2D eigenvalue weighted by molar-refractivity contribution is -0.290. The SMILES string of the molecule is C[C@H]1O[C@@H](O[C@@H]2CC[C@]3(C)[C@H](CC[C@]4(C)[C@@H]3C(=O)C=C3[C@H]5C[C@@](C)(C(=O)O)CC[C@]5(C)CC[C@@]34C)C2(C)C)C[C@@H](O)[C@H]1O. The highest BCUT2D eigenvalue weighted by Crippen LogP contribution is 2.75. The van der Waals surface area contributed by atoms with Gasteiger partial charge in [0.05, 0.1) is 23.7 Å². The second-order valence-electron chi connectivity index (χ2n) is 17.6. The Morgan fingerprint density at radius 1 is 0.953 bits per heavy atom. The molecular formula is C36H56O7. The second-order valence-corrected chi connectivity index (χ2v) is 17.6. The molecule has 0 aromatic carbocycles. The Bertz CT molecular complexity index is 1200. The monoisotopic (exact) mass is 600 g/mol. The number of hydrogen-bond acceptors (Lipinski definition) is 6. The zero-order valence-corrected chi connectivity index (χ0v) is 27.7. The summed E-state index contributed by atoms with van der Waals surface area (Å²) in [6, 6.07) is 0. The predicted octanol–water partition coefficient (Wildman–Crippen LogP) is 6.29. The minimum absolute atomic E-state index is 0.0462. The molecule has 5 fully saturated rings. The van der Waals surface area contributed by atoms with Gasteiger partial charge in [0.1, 0.15) is 6.10 Å². The molecule has 4 saturated carbocycles. The van der Waals surface area contributed by atoms with Gasteiger partial charge in [0.15, 0.2) is 12.1 Å². The Kier molecular flexibility index (Phi) is 7.27. The zero-order valence-electron chi connectivity index (χ0n) is 27.7. The van der Waals surface area contributed by atoms with E-state index < -0.39 is 36.0 Å². The van der Waals surface area contributed by atoms with Gasteiger partial charge in [0.25, 0.3) is 0 Å². The normalized spacial score (nSPS) is 54.4. The highest BCUT2D eigenvalue weighted by molar-refractivity contribution is 5.95. The Labute approximate surface area is 258 Å². The van der Waals surface area contributed by atoms with E-state index in [1.165, 1.54) is 5.57 Å². The maximum Gasteiger partial charge on any atom is 0.309 e. The first kappa shape index (κ1) is 31.7. The molecule has 0 radical (unpaired) electrons. The zero-order chi connectivity index (χ0) is 31.5. The molecule has 5 aliphatic carbocycles. The Hall–Kier alpha value is -1.28. The summed E-state index contributed by atoms with van der Waals surface area (Å²) in [5.41, 5.74) is -0.165. The molecule has 0 aromatic heterocycles. The van der Waals surface area contributed by atoms with Crippen LogP contribution in [0, 0.1) is 50.2 Å². The molecule has 7 heteroatoms. The maximum atomic E-state index is 14.6. The number of ether oxygens (including phenoxy) is 2. The summed E-state index contributed by atoms with van der Waals surface area (Å²) in [6.45, 7) is 17.8. The van der Waals surface area contributed by atoms with Gasteiger partial charge >= 0.3 is 5.97 Å². The summed E-state index contributed by atoms with van der Waals surface area (Å²) in [5.74, 6) is -0.128. The highest BCUT2D eigenvalue weighted by Gasteiger charge is 2.70. The van der Waals surface area contributed by atoms with Crippen molar-refractivity contribution in [2.24, 2.45) is 50.2 Å². The van der Waals surface area contributed by atoms with Crippen molar-refractivity contribution >= 4 is 11.8 Å². The van der Waals surface area contributed by atoms with Crippen LogP contribution in [0.2, 0.25) is 0 Å². The van der Waals surface area contributed by atoms with Crippen molar-refractivity contribution in [1.29, 1.82) is 0 Å². The molecule has 1 heterocycles. The molecule has 3 N–H and O–H groups in total. The van der Waals surface area contributed by atoms with Crippen LogP contribution in [-0.4, -0.2) is 57.8 Å². The first-order valence-electron chi connectivity index (χ1n) is 17.0. The number of carboxylic acids is 1. The molecule has 0 bridgehead atoms. The summed E-state index contributed by atoms with van der Waals surface area (Å²) in [5, 5.41) is 30.7. The molecule has 7 nitrogen and oxygen atoms in total. The standard InChI is InChI=1S/C36H56O7/c1-20-28(39)23(37)18-27(42-20)43-26-10-11-34(6)25(31(26,2)3)9-12-36(8)29(34)24(38)17-21-22-19-33(5,30(40)41)14-13-32(22,4)15-16-35(21,36)7/h17,20,22-23,25-29,37,39H,9-16,18-19H2,1-8H3,(H,40,41)/t20-,22-,23-,25-,26-,27+,28+,29-,32-,33+,34-,35+,36-/m1/s1. The van der Waals surface area contributed by atoms with Gasteiger partial charge in [-0.2, -0.15) is 0 Å². The van der Waals surface area contributed by atoms with Crippen molar-refractivity contribution < 1.29 is 34.4 Å². The molecule has 6 rings (SSSR count). The van der Waals surface area contributed by atoms with Crippen molar-refractivity contribution in [2.75, 3.05) is 0 Å². The maximum absolute atomic E-state index is 14.6. The van der Waals surface area contributed by atoms with Gasteiger partial charge in [0.2, 0.25) is 0 Å². The minimum atomic E-state index is -0.903. The lowest BCUT2D eigenvalue weighted by Gasteiger charge is -2.70. The molecule has 1 aliphatic heterocycles. The molecule has 43 heavy (non-hydrogen) atoms. The first-order valence-corrected chi connectivity index (χ1v) is 17.0. The number of hydrogen-bond donors (Lipinski definition) is 3. The number of aliphatic hydroxyl groups is 2. The van der Waals surface area contributed by atoms with Gasteiger partial charge in [-0.3, -0.25) is 9.59 Å². The lowest BCUT2D eigenvalue weighted by atomic mass is 9.33. The van der Waals surface area contributed by atoms with Crippen molar-refractivity contribution in [3.05, 3.63) is 11.6 Å². The van der Waals surface area contributed by atoms with Crippen LogP contribution >= 0.6 is 0 Å². The average Bonchev–Trinajstić information content (AvgIpc) is 2.91. The van der Waals surface area contributed by atoms with Gasteiger partial charge in [-0.15, -0.1) is 0 Å². The number of rotatable bonds is 3. The van der Waals surface area contributed by atoms with Crippen LogP contribution in [0.5, 0.6) is 0 Å². The topological polar surface area (TPSA) is 113 Å². The largest absolute Gasteiger partial charge is 0.481 e. The van der Waals surface area contributed by atoms with E-state index in [-0.39, 0.29) is 63.1 Å². The van der Waals surface area contributed by atoms with Gasteiger partial charge in [-0.05, 0) is 117 Å². The van der Waals surface area contributed by atoms with Crippen LogP contribution < -0.4 is 0 Å². The number of carboxylic acid groups (broad SMARTS) is 1. The molecular weight excluding hydrogens is 544 g/mol. The van der Waals surface area contributed by atoms with Crippen molar-refractivity contribution in [3.8, 4) is 0 Å². The van der Waals surface area contributed by atoms with Crippen molar-refractivity contribution in [2.45, 2.75) is 150 Å². The Morgan fingerprint density at radius 3 is 2.28 bits per heavy atom. The van der Waals surface area contributed by atoms with Crippen LogP contribution in [0.4, 0.5) is 0 Å². The molecule has 0 amide bonds. The van der Waals surface area contributed by atoms with Gasteiger partial charge in [-0.1, -0.05) is 47.1 Å². The van der Waals surface area contributed by atoms with Crippen LogP contribution in [-0.2, 0) is 19.1 Å². The Morgan fingerprint density at radius 2 is 1.63 bits per heavy atom. The number of fused-ring (bicyclic) bond motifs is 7. The first-order chi connectivity index (χ1) is 19.8. The molecule has 1 saturated heterocycles. The van der Waals surface area contributed by atoms with E-state index in [1.54, 1.807) is 6.92 Å². The smallest absolute Gasteiger partial charge is 0.309 e. The van der Waals surface area contributed by atoms with Crippen LogP contribution in [0.15, 0.2) is 11.6 Å². The third-order valence-electron chi connectivity index (χ3n) is 15.0. The summed E-state index contributed by atoms with van der Waals surface area (Å²) >= 11 is 0. The molecule has 242 valence electrons. The molecule has 6 aliphatic rings. The van der Waals surface area contributed by atoms with E-state index in [9.17, 15) is 24.9 Å². The predicted molar refractivity (Wildman–Crippen MR) is 163 cm³/mol. The number of aliphatic hydroxyl groups excluding tert-OH is 2. The van der Waals surface area contributed by atoms with Crippen LogP contribution in [0.3, 0.4) is 0 Å². The third-order valence-corrected chi connectivity index (χ3v) is 15.0. The van der Waals surface area contributed by atoms with E-state index in [0.29, 0.717) is 12.8 Å². The van der Waals surface area contributed by atoms with E-state index in [2.05, 4.69) is 41.5 Å². The van der Waals surface area contributed by atoms with Gasteiger partial charge in [0, 0.05) is 12.3 Å². The summed E-state index contributed by atoms with van der Waals surface area (Å²) in [4.78, 5) is 27.0. The third kappa shape index (κ3) is 4.33. The number of carbonyl (C=O) groups excluding carboxylic acids is 1. The second kappa shape index (κ2) is 9.86. The fraction of sp³-hybridized carbons (Fsp3) is 0.889. The van der Waals surface area contributed by atoms with Crippen molar-refractivity contribution in [1.82, 2.24) is 0 Å². The Balaban J connectivity index is 1.32. The number of ketones is 1. The summed E-state index contributed by atoms with van der Waals surface area (Å²) < 4.78 is 12.6. The molecule has 13 atom stereocenters. The number of allylic oxidation sites excluding steroid dienone is 2. The molecule has 0 spiro atoms. The van der Waals surface area contributed by atoms with Crippen LogP contribution in [0.1, 0.15) is 120 Å². The minimum Gasteiger partial charge on any atom is -0.481 e. The van der Waals surface area contributed by atoms with E-state index in [4.69, 9.17) is 9.47 Å². The quantitative estimate of drug-likeness (QED) is 0.326. The number of aliphatic carboxylic acids is 1. The fourth-order valence-electron chi connectivity index (χ4n) is 11.9. The van der Waals surface area contributed by atoms with Gasteiger partial charge < -0.3 is 24.8 Å². The highest BCUT2D eigenvalue weighted by atomic mass is 16.7. The molecule has 0 aromatic rings. The van der Waals surface area contributed by atoms with Crippen molar-refractivity contribution in [3.63, 3.8) is 0 Å². The van der Waals surface area contributed by atoms with Crippen LogP contribution in [0.25, 0.3) is 0 Å². The number of carbonyl (C=O) groups is 2. The average molecular weight is 601 g/mol. The fourth-order valence-corrected chi connectivity index (χ4v) is 11.9. The molecule has 0 unspecified atom stereocenters. The van der Waals surface area contributed by atoms with E-state index >= 15 is 0 Å². The summed E-state index contributed by atoms with van der Waals surface area (Å²) in [6.07, 6.45) is 7.45. The lowest BCUT2D eigenvalue weighted by Crippen LogP contribution is -2.67. The van der Waals surface area contributed by atoms with E-state index in [1.807, 2.05) is 13.0 Å². The van der Waals surface area contributed by atoms with E-state index in [0.717, 1.165) is 44.9 Å². The van der Waals surface area contributed by atoms with Gasteiger partial charge in [-0.25, -0.2) is 0 Å². The summed E-state index contributed by atoms with van der Waals surface area (Å²) in [7, 11) is 0.